The molecule has 0 amide bonds. The van der Waals surface area contributed by atoms with E-state index in [0.717, 1.165) is 0 Å². The first-order valence-electron chi connectivity index (χ1n) is 7.04. The molecular formula is C12H21ClO10. The van der Waals surface area contributed by atoms with E-state index in [1.807, 2.05) is 0 Å². The Kier molecular flexibility index (Phi) is 6.56. The lowest BCUT2D eigenvalue weighted by Gasteiger charge is -2.45. The van der Waals surface area contributed by atoms with Gasteiger partial charge in [-0.2, -0.15) is 0 Å². The van der Waals surface area contributed by atoms with Crippen LogP contribution in [0.4, 0.5) is 0 Å². The van der Waals surface area contributed by atoms with E-state index in [9.17, 15) is 30.6 Å². The summed E-state index contributed by atoms with van der Waals surface area (Å²) in [5.41, 5.74) is -1.27. The third kappa shape index (κ3) is 3.78. The SMILES string of the molecule is OC[C@H]1O[C@@H](O[C@H]2[C@H](O)[C@@H](O)C(Cl)O[C@@H]2CO)[C@H](O)[C@@H](O)[C@H]1O. The van der Waals surface area contributed by atoms with Crippen LogP contribution >= 0.6 is 11.6 Å². The number of hydrogen-bond acceptors (Lipinski definition) is 10. The Morgan fingerprint density at radius 2 is 1.35 bits per heavy atom. The van der Waals surface area contributed by atoms with Crippen LogP contribution in [0.25, 0.3) is 0 Å². The number of aliphatic hydroxyl groups is 7. The van der Waals surface area contributed by atoms with E-state index in [1.54, 1.807) is 0 Å². The van der Waals surface area contributed by atoms with Crippen molar-refractivity contribution in [2.45, 2.75) is 60.7 Å². The Morgan fingerprint density at radius 3 is 1.91 bits per heavy atom. The Labute approximate surface area is 136 Å². The van der Waals surface area contributed by atoms with Gasteiger partial charge in [0.1, 0.15) is 48.8 Å². The third-order valence-electron chi connectivity index (χ3n) is 3.95. The van der Waals surface area contributed by atoms with Gasteiger partial charge in [0.2, 0.25) is 0 Å². The molecule has 2 rings (SSSR count). The maximum absolute atomic E-state index is 10.0. The van der Waals surface area contributed by atoms with Gasteiger partial charge in [-0.05, 0) is 0 Å². The molecule has 2 heterocycles. The van der Waals surface area contributed by atoms with Gasteiger partial charge >= 0.3 is 0 Å². The first-order chi connectivity index (χ1) is 10.8. The first-order valence-corrected chi connectivity index (χ1v) is 7.48. The molecule has 11 heteroatoms. The van der Waals surface area contributed by atoms with E-state index in [1.165, 1.54) is 0 Å². The van der Waals surface area contributed by atoms with Gasteiger partial charge in [0.25, 0.3) is 0 Å². The molecule has 0 aromatic carbocycles. The van der Waals surface area contributed by atoms with E-state index in [2.05, 4.69) is 0 Å². The predicted octanol–water partition coefficient (Wildman–Crippen LogP) is -4.15. The van der Waals surface area contributed by atoms with Crippen molar-refractivity contribution in [2.24, 2.45) is 0 Å². The van der Waals surface area contributed by atoms with Crippen LogP contribution in [0.15, 0.2) is 0 Å². The molecule has 1 unspecified atom stereocenters. The molecule has 2 fully saturated rings. The van der Waals surface area contributed by atoms with Crippen molar-refractivity contribution in [3.8, 4) is 0 Å². The van der Waals surface area contributed by atoms with Crippen LogP contribution < -0.4 is 0 Å². The molecule has 0 aromatic rings. The van der Waals surface area contributed by atoms with Crippen molar-refractivity contribution in [1.29, 1.82) is 0 Å². The van der Waals surface area contributed by atoms with Gasteiger partial charge in [-0.3, -0.25) is 0 Å². The highest BCUT2D eigenvalue weighted by Gasteiger charge is 2.49. The van der Waals surface area contributed by atoms with E-state index in [4.69, 9.17) is 30.9 Å². The Balaban J connectivity index is 2.11. The van der Waals surface area contributed by atoms with Crippen molar-refractivity contribution in [3.05, 3.63) is 0 Å². The smallest absolute Gasteiger partial charge is 0.187 e. The van der Waals surface area contributed by atoms with Gasteiger partial charge in [-0.15, -0.1) is 0 Å². The number of rotatable bonds is 4. The van der Waals surface area contributed by atoms with E-state index < -0.39 is 73.9 Å². The third-order valence-corrected chi connectivity index (χ3v) is 4.31. The average Bonchev–Trinajstić information content (AvgIpc) is 2.55. The van der Waals surface area contributed by atoms with Crippen LogP contribution in [-0.2, 0) is 14.2 Å². The Bertz CT molecular complexity index is 383. The Morgan fingerprint density at radius 1 is 0.739 bits per heavy atom. The van der Waals surface area contributed by atoms with Crippen LogP contribution in [0, 0.1) is 0 Å². The molecule has 0 aromatic heterocycles. The number of hydrogen-bond donors (Lipinski definition) is 7. The summed E-state index contributed by atoms with van der Waals surface area (Å²) in [6, 6.07) is 0. The van der Waals surface area contributed by atoms with E-state index >= 15 is 0 Å². The summed E-state index contributed by atoms with van der Waals surface area (Å²) >= 11 is 5.67. The van der Waals surface area contributed by atoms with Gasteiger partial charge in [0, 0.05) is 0 Å². The van der Waals surface area contributed by atoms with Crippen molar-refractivity contribution in [3.63, 3.8) is 0 Å². The summed E-state index contributed by atoms with van der Waals surface area (Å²) in [6.45, 7) is -1.25. The molecular weight excluding hydrogens is 340 g/mol. The highest BCUT2D eigenvalue weighted by Crippen LogP contribution is 2.29. The number of alkyl halides is 1. The molecule has 2 saturated heterocycles. The van der Waals surface area contributed by atoms with Crippen molar-refractivity contribution in [1.82, 2.24) is 0 Å². The lowest BCUT2D eigenvalue weighted by atomic mass is 9.97. The van der Waals surface area contributed by atoms with Crippen molar-refractivity contribution >= 4 is 11.6 Å². The highest BCUT2D eigenvalue weighted by atomic mass is 35.5. The molecule has 7 N–H and O–H groups in total. The monoisotopic (exact) mass is 360 g/mol. The lowest BCUT2D eigenvalue weighted by Crippen LogP contribution is -2.63. The second-order valence-electron chi connectivity index (χ2n) is 5.49. The quantitative estimate of drug-likeness (QED) is 0.244. The minimum atomic E-state index is -1.69. The lowest BCUT2D eigenvalue weighted by molar-refractivity contribution is -0.338. The zero-order chi connectivity index (χ0) is 17.3. The van der Waals surface area contributed by atoms with Crippen LogP contribution in [0.5, 0.6) is 0 Å². The minimum absolute atomic E-state index is 0.602. The standard InChI is InChI=1S/C12H21ClO10/c13-11-8(19)7(18)10(4(2-15)21-11)23-12-9(20)6(17)5(16)3(1-14)22-12/h3-12,14-20H,1-2H2/t3-,4-,5+,6+,7-,8-,9-,10-,11?,12+/m1/s1. The van der Waals surface area contributed by atoms with Gasteiger partial charge in [-0.25, -0.2) is 0 Å². The fraction of sp³-hybridized carbons (Fsp3) is 1.00. The average molecular weight is 361 g/mol. The molecule has 0 saturated carbocycles. The molecule has 0 aliphatic carbocycles. The largest absolute Gasteiger partial charge is 0.394 e. The molecule has 0 spiro atoms. The summed E-state index contributed by atoms with van der Waals surface area (Å²) in [5.74, 6) is 0. The zero-order valence-electron chi connectivity index (χ0n) is 11.9. The number of aliphatic hydroxyl groups excluding tert-OH is 7. The molecule has 2 aliphatic heterocycles. The van der Waals surface area contributed by atoms with Gasteiger partial charge in [-0.1, -0.05) is 11.6 Å². The summed E-state index contributed by atoms with van der Waals surface area (Å²) in [6.07, 6.45) is -13.2. The van der Waals surface area contributed by atoms with Gasteiger partial charge < -0.3 is 50.0 Å². The molecule has 0 bridgehead atoms. The number of halogens is 1. The van der Waals surface area contributed by atoms with Crippen LogP contribution in [0.3, 0.4) is 0 Å². The Hall–Kier alpha value is -0.110. The predicted molar refractivity (Wildman–Crippen MR) is 72.3 cm³/mol. The fourth-order valence-electron chi connectivity index (χ4n) is 2.54. The topological polar surface area (TPSA) is 169 Å². The molecule has 136 valence electrons. The maximum Gasteiger partial charge on any atom is 0.187 e. The van der Waals surface area contributed by atoms with E-state index in [0.29, 0.717) is 0 Å². The second-order valence-corrected chi connectivity index (χ2v) is 5.92. The summed E-state index contributed by atoms with van der Waals surface area (Å²) in [4.78, 5) is 0. The number of ether oxygens (including phenoxy) is 3. The van der Waals surface area contributed by atoms with Crippen LogP contribution in [0.1, 0.15) is 0 Å². The van der Waals surface area contributed by atoms with Crippen molar-refractivity contribution in [2.75, 3.05) is 13.2 Å². The van der Waals surface area contributed by atoms with Crippen molar-refractivity contribution < 1.29 is 50.0 Å². The molecule has 0 radical (unpaired) electrons. The molecule has 2 aliphatic rings. The van der Waals surface area contributed by atoms with Crippen LogP contribution in [0.2, 0.25) is 0 Å². The van der Waals surface area contributed by atoms with E-state index in [-0.39, 0.29) is 0 Å². The van der Waals surface area contributed by atoms with Gasteiger partial charge in [0.15, 0.2) is 11.9 Å². The summed E-state index contributed by atoms with van der Waals surface area (Å²) in [5, 5.41) is 67.4. The molecule has 10 atom stereocenters. The van der Waals surface area contributed by atoms with Gasteiger partial charge in [0.05, 0.1) is 13.2 Å². The maximum atomic E-state index is 10.0. The minimum Gasteiger partial charge on any atom is -0.394 e. The first kappa shape index (κ1) is 19.2. The van der Waals surface area contributed by atoms with Crippen LogP contribution in [-0.4, -0.2) is 110 Å². The summed E-state index contributed by atoms with van der Waals surface area (Å²) < 4.78 is 15.6. The highest BCUT2D eigenvalue weighted by molar-refractivity contribution is 6.20. The zero-order valence-corrected chi connectivity index (χ0v) is 12.7. The fourth-order valence-corrected chi connectivity index (χ4v) is 2.83. The molecule has 10 nitrogen and oxygen atoms in total. The second kappa shape index (κ2) is 7.85. The normalized spacial score (nSPS) is 51.7. The molecule has 23 heavy (non-hydrogen) atoms. The summed E-state index contributed by atoms with van der Waals surface area (Å²) in [7, 11) is 0.